The van der Waals surface area contributed by atoms with Crippen molar-refractivity contribution in [3.05, 3.63) is 28.5 Å². The van der Waals surface area contributed by atoms with E-state index >= 15 is 0 Å². The van der Waals surface area contributed by atoms with Crippen molar-refractivity contribution < 1.29 is 9.90 Å². The third-order valence-electron chi connectivity index (χ3n) is 2.03. The van der Waals surface area contributed by atoms with E-state index in [0.29, 0.717) is 21.7 Å². The van der Waals surface area contributed by atoms with Gasteiger partial charge in [-0.05, 0) is 13.0 Å². The highest BCUT2D eigenvalue weighted by Crippen LogP contribution is 2.22. The number of rotatable bonds is 1. The number of carboxylic acid groups (broad SMARTS) is 1. The van der Waals surface area contributed by atoms with Crippen molar-refractivity contribution in [1.82, 2.24) is 9.97 Å². The summed E-state index contributed by atoms with van der Waals surface area (Å²) in [6.45, 7) is 1.77. The molecule has 0 aromatic carbocycles. The van der Waals surface area contributed by atoms with E-state index in [0.717, 1.165) is 0 Å². The number of nitrogens with one attached hydrogen (secondary N) is 1. The predicted molar refractivity (Wildman–Crippen MR) is 52.8 cm³/mol. The first kappa shape index (κ1) is 9.02. The molecule has 0 aliphatic carbocycles. The van der Waals surface area contributed by atoms with Crippen molar-refractivity contribution in [3.63, 3.8) is 0 Å². The lowest BCUT2D eigenvalue weighted by Gasteiger charge is -1.97. The monoisotopic (exact) mass is 210 g/mol. The first-order valence-electron chi connectivity index (χ1n) is 3.97. The second-order valence-corrected chi connectivity index (χ2v) is 3.37. The molecule has 2 rings (SSSR count). The molecule has 0 aliphatic rings. The Kier molecular flexibility index (Phi) is 1.93. The zero-order valence-electron chi connectivity index (χ0n) is 7.34. The van der Waals surface area contributed by atoms with Crippen LogP contribution >= 0.6 is 11.6 Å². The van der Waals surface area contributed by atoms with Gasteiger partial charge in [-0.2, -0.15) is 0 Å². The van der Waals surface area contributed by atoms with Gasteiger partial charge in [-0.3, -0.25) is 0 Å². The number of fused-ring (bicyclic) bond motifs is 1. The molecule has 4 nitrogen and oxygen atoms in total. The molecular formula is C9H7ClN2O2. The van der Waals surface area contributed by atoms with Crippen molar-refractivity contribution in [1.29, 1.82) is 0 Å². The third-order valence-corrected chi connectivity index (χ3v) is 2.41. The quantitative estimate of drug-likeness (QED) is 0.759. The van der Waals surface area contributed by atoms with E-state index < -0.39 is 5.97 Å². The molecule has 5 heteroatoms. The molecule has 0 fully saturated rings. The highest BCUT2D eigenvalue weighted by atomic mass is 35.5. The highest BCUT2D eigenvalue weighted by Gasteiger charge is 2.12. The minimum atomic E-state index is -0.988. The van der Waals surface area contributed by atoms with Gasteiger partial charge < -0.3 is 10.1 Å². The molecule has 0 unspecified atom stereocenters. The second-order valence-electron chi connectivity index (χ2n) is 2.96. The van der Waals surface area contributed by atoms with Gasteiger partial charge in [-0.15, -0.1) is 0 Å². The lowest BCUT2D eigenvalue weighted by molar-refractivity contribution is 0.0699. The van der Waals surface area contributed by atoms with Crippen LogP contribution in [0.2, 0.25) is 5.02 Å². The number of carbonyl (C=O) groups is 1. The maximum Gasteiger partial charge on any atom is 0.337 e. The number of hydrogen-bond acceptors (Lipinski definition) is 2. The number of nitrogens with zero attached hydrogens (tertiary/aromatic N) is 1. The van der Waals surface area contributed by atoms with E-state index in [-0.39, 0.29) is 5.56 Å². The summed E-state index contributed by atoms with van der Waals surface area (Å²) >= 11 is 5.85. The minimum Gasteiger partial charge on any atom is -0.478 e. The van der Waals surface area contributed by atoms with Crippen LogP contribution in [0.1, 0.15) is 16.1 Å². The van der Waals surface area contributed by atoms with Gasteiger partial charge in [-0.1, -0.05) is 11.6 Å². The number of halogens is 1. The van der Waals surface area contributed by atoms with Crippen LogP contribution in [-0.2, 0) is 0 Å². The molecule has 0 radical (unpaired) electrons. The molecule has 0 amide bonds. The van der Waals surface area contributed by atoms with Crippen molar-refractivity contribution in [3.8, 4) is 0 Å². The number of aryl methyl sites for hydroxylation is 1. The van der Waals surface area contributed by atoms with E-state index in [1.165, 1.54) is 6.20 Å². The van der Waals surface area contributed by atoms with Gasteiger partial charge in [0.1, 0.15) is 5.65 Å². The largest absolute Gasteiger partial charge is 0.478 e. The fourth-order valence-corrected chi connectivity index (χ4v) is 1.44. The van der Waals surface area contributed by atoms with Crippen molar-refractivity contribution in [2.45, 2.75) is 6.92 Å². The van der Waals surface area contributed by atoms with Crippen LogP contribution < -0.4 is 0 Å². The number of carboxylic acids is 1. The Morgan fingerprint density at radius 2 is 2.36 bits per heavy atom. The van der Waals surface area contributed by atoms with Gasteiger partial charge in [0, 0.05) is 11.6 Å². The molecule has 2 aromatic heterocycles. The van der Waals surface area contributed by atoms with E-state index in [4.69, 9.17) is 16.7 Å². The van der Waals surface area contributed by atoms with Crippen molar-refractivity contribution in [2.75, 3.05) is 0 Å². The number of H-pyrrole nitrogens is 1. The molecule has 2 heterocycles. The standard InChI is InChI=1S/C9H7ClN2O2/c1-4-7(10)2-5-6(9(13)14)3-11-8(5)12-4/h2-3H,1H3,(H,11,12)(H,13,14). The van der Waals surface area contributed by atoms with Crippen molar-refractivity contribution >= 4 is 28.6 Å². The maximum atomic E-state index is 10.8. The Morgan fingerprint density at radius 1 is 1.64 bits per heavy atom. The fraction of sp³-hybridized carbons (Fsp3) is 0.111. The SMILES string of the molecule is Cc1nc2[nH]cc(C(=O)O)c2cc1Cl. The van der Waals surface area contributed by atoms with Crippen molar-refractivity contribution in [2.24, 2.45) is 0 Å². The molecular weight excluding hydrogens is 204 g/mol. The smallest absolute Gasteiger partial charge is 0.337 e. The molecule has 0 bridgehead atoms. The molecule has 0 spiro atoms. The summed E-state index contributed by atoms with van der Waals surface area (Å²) in [6, 6.07) is 1.61. The van der Waals surface area contributed by atoms with E-state index in [1.54, 1.807) is 13.0 Å². The molecule has 0 saturated carbocycles. The van der Waals surface area contributed by atoms with Crippen LogP contribution in [0, 0.1) is 6.92 Å². The predicted octanol–water partition coefficient (Wildman–Crippen LogP) is 2.22. The molecule has 0 saturated heterocycles. The summed E-state index contributed by atoms with van der Waals surface area (Å²) in [7, 11) is 0. The average molecular weight is 211 g/mol. The first-order chi connectivity index (χ1) is 6.59. The summed E-state index contributed by atoms with van der Waals surface area (Å²) in [4.78, 5) is 17.7. The molecule has 0 aliphatic heterocycles. The van der Waals surface area contributed by atoms with E-state index in [1.807, 2.05) is 0 Å². The van der Waals surface area contributed by atoms with Crippen LogP contribution in [0.25, 0.3) is 11.0 Å². The number of aromatic amines is 1. The minimum absolute atomic E-state index is 0.189. The van der Waals surface area contributed by atoms with Gasteiger partial charge in [0.2, 0.25) is 0 Å². The number of hydrogen-bond donors (Lipinski definition) is 2. The Balaban J connectivity index is 2.80. The van der Waals surface area contributed by atoms with E-state index in [2.05, 4.69) is 9.97 Å². The van der Waals surface area contributed by atoms with Crippen LogP contribution in [0.15, 0.2) is 12.3 Å². The third kappa shape index (κ3) is 1.24. The Labute approximate surface area is 84.5 Å². The number of pyridine rings is 1. The van der Waals surface area contributed by atoms with Crippen LogP contribution in [0.4, 0.5) is 0 Å². The zero-order chi connectivity index (χ0) is 10.3. The Bertz CT molecular complexity index is 519. The van der Waals surface area contributed by atoms with Crippen LogP contribution in [-0.4, -0.2) is 21.0 Å². The van der Waals surface area contributed by atoms with Gasteiger partial charge in [0.15, 0.2) is 0 Å². The fourth-order valence-electron chi connectivity index (χ4n) is 1.29. The van der Waals surface area contributed by atoms with Crippen LogP contribution in [0.3, 0.4) is 0 Å². The topological polar surface area (TPSA) is 66.0 Å². The molecule has 72 valence electrons. The number of aromatic carboxylic acids is 1. The molecule has 0 atom stereocenters. The Hall–Kier alpha value is -1.55. The summed E-state index contributed by atoms with van der Waals surface area (Å²) in [5, 5.41) is 9.85. The second kappa shape index (κ2) is 2.99. The average Bonchev–Trinajstić information content (AvgIpc) is 2.48. The van der Waals surface area contributed by atoms with Gasteiger partial charge in [0.25, 0.3) is 0 Å². The van der Waals surface area contributed by atoms with E-state index in [9.17, 15) is 4.79 Å². The summed E-state index contributed by atoms with van der Waals surface area (Å²) < 4.78 is 0. The summed E-state index contributed by atoms with van der Waals surface area (Å²) in [5.41, 5.74) is 1.41. The molecule has 2 N–H and O–H groups in total. The number of aromatic nitrogens is 2. The van der Waals surface area contributed by atoms with Crippen LogP contribution in [0.5, 0.6) is 0 Å². The van der Waals surface area contributed by atoms with Gasteiger partial charge in [-0.25, -0.2) is 9.78 Å². The Morgan fingerprint density at radius 3 is 3.00 bits per heavy atom. The first-order valence-corrected chi connectivity index (χ1v) is 4.35. The lowest BCUT2D eigenvalue weighted by atomic mass is 10.2. The zero-order valence-corrected chi connectivity index (χ0v) is 8.09. The highest BCUT2D eigenvalue weighted by molar-refractivity contribution is 6.32. The summed E-state index contributed by atoms with van der Waals surface area (Å²) in [5.74, 6) is -0.988. The summed E-state index contributed by atoms with van der Waals surface area (Å²) in [6.07, 6.45) is 1.41. The lowest BCUT2D eigenvalue weighted by Crippen LogP contribution is -1.94. The molecule has 14 heavy (non-hydrogen) atoms. The normalized spacial score (nSPS) is 10.7. The maximum absolute atomic E-state index is 10.8. The van der Waals surface area contributed by atoms with Gasteiger partial charge in [0.05, 0.1) is 16.3 Å². The molecule has 2 aromatic rings. The van der Waals surface area contributed by atoms with Gasteiger partial charge >= 0.3 is 5.97 Å².